The van der Waals surface area contributed by atoms with Crippen LogP contribution in [0, 0.1) is 5.92 Å². The lowest BCUT2D eigenvalue weighted by atomic mass is 10.1. The molecule has 3 heteroatoms. The van der Waals surface area contributed by atoms with Gasteiger partial charge in [-0.1, -0.05) is 13.8 Å². The van der Waals surface area contributed by atoms with Crippen molar-refractivity contribution in [1.82, 2.24) is 0 Å². The molecule has 0 aromatic carbocycles. The fraction of sp³-hybridized carbons (Fsp3) is 0.800. The fourth-order valence-electron chi connectivity index (χ4n) is 0.285. The van der Waals surface area contributed by atoms with Gasteiger partial charge in [0.2, 0.25) is 0 Å². The molecule has 1 N–H and O–H groups in total. The zero-order valence-electron chi connectivity index (χ0n) is 4.96. The van der Waals surface area contributed by atoms with E-state index in [1.807, 2.05) is 13.8 Å². The summed E-state index contributed by atoms with van der Waals surface area (Å²) >= 11 is 3.82. The Hall–Kier alpha value is -0.180. The Balaban J connectivity index is 3.64. The minimum Gasteiger partial charge on any atom is -0.480 e. The Labute approximate surface area is 54.3 Å². The van der Waals surface area contributed by atoms with Crippen molar-refractivity contribution < 1.29 is 9.90 Å². The lowest BCUT2D eigenvalue weighted by Gasteiger charge is -2.06. The first kappa shape index (κ1) is 7.82. The summed E-state index contributed by atoms with van der Waals surface area (Å²) in [5, 5.41) is 7.76. The first-order valence-corrected chi connectivity index (χ1v) is 2.98. The Morgan fingerprint density at radius 3 is 2.00 bits per heavy atom. The van der Waals surface area contributed by atoms with Gasteiger partial charge < -0.3 is 5.11 Å². The topological polar surface area (TPSA) is 37.3 Å². The Kier molecular flexibility index (Phi) is 2.90. The van der Waals surface area contributed by atoms with E-state index >= 15 is 0 Å². The maximum absolute atomic E-state index is 10.1. The maximum Gasteiger partial charge on any atom is 0.316 e. The number of hydrogen-bond acceptors (Lipinski definition) is 2. The molecule has 2 nitrogen and oxygen atoms in total. The zero-order valence-corrected chi connectivity index (χ0v) is 5.85. The SMILES string of the molecule is CC(C)C(S)C(=O)O. The highest BCUT2D eigenvalue weighted by atomic mass is 32.1. The smallest absolute Gasteiger partial charge is 0.316 e. The van der Waals surface area contributed by atoms with Crippen molar-refractivity contribution in [2.75, 3.05) is 0 Å². The highest BCUT2D eigenvalue weighted by Gasteiger charge is 2.14. The van der Waals surface area contributed by atoms with Gasteiger partial charge in [0.15, 0.2) is 0 Å². The first-order chi connectivity index (χ1) is 3.55. The van der Waals surface area contributed by atoms with Crippen LogP contribution >= 0.6 is 12.6 Å². The summed E-state index contributed by atoms with van der Waals surface area (Å²) in [6, 6.07) is 0. The van der Waals surface area contributed by atoms with E-state index < -0.39 is 11.2 Å². The van der Waals surface area contributed by atoms with E-state index in [-0.39, 0.29) is 5.92 Å². The van der Waals surface area contributed by atoms with E-state index in [1.165, 1.54) is 0 Å². The van der Waals surface area contributed by atoms with E-state index in [0.29, 0.717) is 0 Å². The van der Waals surface area contributed by atoms with Crippen molar-refractivity contribution in [3.63, 3.8) is 0 Å². The summed E-state index contributed by atoms with van der Waals surface area (Å²) in [7, 11) is 0. The van der Waals surface area contributed by atoms with Crippen molar-refractivity contribution >= 4 is 18.6 Å². The lowest BCUT2D eigenvalue weighted by Crippen LogP contribution is -2.19. The number of thiol groups is 1. The number of hydrogen-bond donors (Lipinski definition) is 2. The molecule has 0 aromatic rings. The van der Waals surface area contributed by atoms with Crippen molar-refractivity contribution in [2.45, 2.75) is 19.1 Å². The van der Waals surface area contributed by atoms with Gasteiger partial charge in [0, 0.05) is 0 Å². The van der Waals surface area contributed by atoms with Crippen LogP contribution in [0.3, 0.4) is 0 Å². The molecule has 0 fully saturated rings. The quantitative estimate of drug-likeness (QED) is 0.553. The molecule has 0 aromatic heterocycles. The summed E-state index contributed by atoms with van der Waals surface area (Å²) in [6.45, 7) is 3.65. The molecule has 1 unspecified atom stereocenters. The van der Waals surface area contributed by atoms with Gasteiger partial charge in [-0.3, -0.25) is 4.79 Å². The highest BCUT2D eigenvalue weighted by Crippen LogP contribution is 2.07. The summed E-state index contributed by atoms with van der Waals surface area (Å²) in [6.07, 6.45) is 0. The molecule has 0 saturated carbocycles. The minimum absolute atomic E-state index is 0.107. The molecule has 0 spiro atoms. The predicted octanol–water partition coefficient (Wildman–Crippen LogP) is 1.03. The molecule has 8 heavy (non-hydrogen) atoms. The monoisotopic (exact) mass is 134 g/mol. The number of carboxylic acids is 1. The van der Waals surface area contributed by atoms with Crippen molar-refractivity contribution in [1.29, 1.82) is 0 Å². The third kappa shape index (κ3) is 2.21. The highest BCUT2D eigenvalue weighted by molar-refractivity contribution is 7.81. The third-order valence-electron chi connectivity index (χ3n) is 0.884. The second-order valence-corrected chi connectivity index (χ2v) is 2.58. The Morgan fingerprint density at radius 2 is 2.00 bits per heavy atom. The molecule has 0 rings (SSSR count). The van der Waals surface area contributed by atoms with Crippen molar-refractivity contribution in [3.05, 3.63) is 0 Å². The number of aliphatic carboxylic acids is 1. The van der Waals surface area contributed by atoms with E-state index in [0.717, 1.165) is 0 Å². The summed E-state index contributed by atoms with van der Waals surface area (Å²) in [4.78, 5) is 10.1. The number of rotatable bonds is 2. The molecule has 0 aliphatic carbocycles. The van der Waals surface area contributed by atoms with Crippen LogP contribution in [-0.4, -0.2) is 16.3 Å². The van der Waals surface area contributed by atoms with E-state index in [2.05, 4.69) is 12.6 Å². The molecule has 48 valence electrons. The van der Waals surface area contributed by atoms with Gasteiger partial charge in [-0.05, 0) is 5.92 Å². The van der Waals surface area contributed by atoms with Crippen molar-refractivity contribution in [2.24, 2.45) is 5.92 Å². The zero-order chi connectivity index (χ0) is 6.73. The summed E-state index contributed by atoms with van der Waals surface area (Å²) in [5.74, 6) is -0.737. The molecule has 0 saturated heterocycles. The molecule has 0 bridgehead atoms. The number of carboxylic acid groups (broad SMARTS) is 1. The largest absolute Gasteiger partial charge is 0.480 e. The predicted molar refractivity (Wildman–Crippen MR) is 35.2 cm³/mol. The maximum atomic E-state index is 10.1. The second-order valence-electron chi connectivity index (χ2n) is 2.03. The molecule has 0 aliphatic heterocycles. The minimum atomic E-state index is -0.844. The second kappa shape index (κ2) is 2.97. The van der Waals surface area contributed by atoms with E-state index in [9.17, 15) is 4.79 Å². The normalized spacial score (nSPS) is 14.0. The van der Waals surface area contributed by atoms with Crippen LogP contribution in [0.4, 0.5) is 0 Å². The van der Waals surface area contributed by atoms with Crippen LogP contribution in [-0.2, 0) is 4.79 Å². The first-order valence-electron chi connectivity index (χ1n) is 2.46. The van der Waals surface area contributed by atoms with E-state index in [4.69, 9.17) is 5.11 Å². The van der Waals surface area contributed by atoms with Gasteiger partial charge in [0.05, 0.1) is 0 Å². The molecular formula is C5H10O2S. The summed E-state index contributed by atoms with van der Waals surface area (Å²) < 4.78 is 0. The molecule has 0 heterocycles. The van der Waals surface area contributed by atoms with Gasteiger partial charge in [0.1, 0.15) is 5.25 Å². The van der Waals surface area contributed by atoms with Gasteiger partial charge in [-0.15, -0.1) is 0 Å². The molecular weight excluding hydrogens is 124 g/mol. The molecule has 0 aliphatic rings. The summed E-state index contributed by atoms with van der Waals surface area (Å²) in [5.41, 5.74) is 0. The van der Waals surface area contributed by atoms with Crippen LogP contribution in [0.1, 0.15) is 13.8 Å². The van der Waals surface area contributed by atoms with E-state index in [1.54, 1.807) is 0 Å². The van der Waals surface area contributed by atoms with Gasteiger partial charge in [-0.25, -0.2) is 0 Å². The van der Waals surface area contributed by atoms with Gasteiger partial charge in [-0.2, -0.15) is 12.6 Å². The fourth-order valence-corrected chi connectivity index (χ4v) is 0.285. The Morgan fingerprint density at radius 1 is 1.62 bits per heavy atom. The average Bonchev–Trinajstić information content (AvgIpc) is 1.64. The molecule has 0 radical (unpaired) electrons. The lowest BCUT2D eigenvalue weighted by molar-refractivity contribution is -0.137. The molecule has 0 amide bonds. The third-order valence-corrected chi connectivity index (χ3v) is 1.70. The van der Waals surface area contributed by atoms with Crippen LogP contribution < -0.4 is 0 Å². The van der Waals surface area contributed by atoms with Gasteiger partial charge >= 0.3 is 5.97 Å². The van der Waals surface area contributed by atoms with Crippen LogP contribution in [0.25, 0.3) is 0 Å². The van der Waals surface area contributed by atoms with Crippen LogP contribution in [0.5, 0.6) is 0 Å². The van der Waals surface area contributed by atoms with Gasteiger partial charge in [0.25, 0.3) is 0 Å². The van der Waals surface area contributed by atoms with Crippen LogP contribution in [0.15, 0.2) is 0 Å². The van der Waals surface area contributed by atoms with Crippen molar-refractivity contribution in [3.8, 4) is 0 Å². The Bertz CT molecular complexity index is 90.4. The standard InChI is InChI=1S/C5H10O2S/c1-3(2)4(8)5(6)7/h3-4,8H,1-2H3,(H,6,7). The number of carbonyl (C=O) groups is 1. The average molecular weight is 134 g/mol. The van der Waals surface area contributed by atoms with Crippen LogP contribution in [0.2, 0.25) is 0 Å². The molecule has 1 atom stereocenters.